The van der Waals surface area contributed by atoms with Crippen molar-refractivity contribution in [1.29, 1.82) is 0 Å². The predicted octanol–water partition coefficient (Wildman–Crippen LogP) is 2.07. The van der Waals surface area contributed by atoms with Gasteiger partial charge in [0.05, 0.1) is 5.56 Å². The van der Waals surface area contributed by atoms with Crippen molar-refractivity contribution in [2.24, 2.45) is 0 Å². The molecule has 5 heteroatoms. The molecular weight excluding hydrogens is 246 g/mol. The third-order valence-corrected chi connectivity index (χ3v) is 2.90. The van der Waals surface area contributed by atoms with Crippen molar-refractivity contribution in [3.8, 4) is 5.75 Å². The summed E-state index contributed by atoms with van der Waals surface area (Å²) < 4.78 is 0. The first-order chi connectivity index (χ1) is 8.73. The van der Waals surface area contributed by atoms with Crippen LogP contribution in [0.4, 0.5) is 0 Å². The Balaban J connectivity index is 2.79. The molecule has 1 rings (SSSR count). The van der Waals surface area contributed by atoms with E-state index in [1.54, 1.807) is 32.9 Å². The van der Waals surface area contributed by atoms with Crippen molar-refractivity contribution in [3.63, 3.8) is 0 Å². The van der Waals surface area contributed by atoms with Crippen LogP contribution in [0.2, 0.25) is 0 Å². The molecule has 1 aromatic rings. The second kappa shape index (κ2) is 5.73. The molecule has 0 radical (unpaired) electrons. The van der Waals surface area contributed by atoms with Gasteiger partial charge in [-0.05, 0) is 38.8 Å². The van der Waals surface area contributed by atoms with E-state index in [9.17, 15) is 14.7 Å². The van der Waals surface area contributed by atoms with Crippen LogP contribution in [0.3, 0.4) is 0 Å². The summed E-state index contributed by atoms with van der Waals surface area (Å²) >= 11 is 0. The third kappa shape index (κ3) is 4.28. The van der Waals surface area contributed by atoms with E-state index in [1.165, 1.54) is 6.07 Å². The Kier molecular flexibility index (Phi) is 4.53. The Bertz CT molecular complexity index is 494. The van der Waals surface area contributed by atoms with Gasteiger partial charge in [-0.25, -0.2) is 0 Å². The molecule has 0 fully saturated rings. The van der Waals surface area contributed by atoms with Gasteiger partial charge in [0.15, 0.2) is 0 Å². The fourth-order valence-corrected chi connectivity index (χ4v) is 1.70. The lowest BCUT2D eigenvalue weighted by Gasteiger charge is -2.26. The highest BCUT2D eigenvalue weighted by molar-refractivity contribution is 5.97. The number of para-hydroxylation sites is 1. The van der Waals surface area contributed by atoms with Crippen molar-refractivity contribution in [2.45, 2.75) is 39.2 Å². The number of aryl methyl sites for hydroxylation is 1. The van der Waals surface area contributed by atoms with Crippen molar-refractivity contribution in [3.05, 3.63) is 29.3 Å². The molecule has 0 heterocycles. The second-order valence-corrected chi connectivity index (χ2v) is 5.20. The Morgan fingerprint density at radius 1 is 1.32 bits per heavy atom. The van der Waals surface area contributed by atoms with Gasteiger partial charge in [0.25, 0.3) is 5.91 Å². The van der Waals surface area contributed by atoms with Crippen LogP contribution in [0.1, 0.15) is 42.6 Å². The molecule has 0 unspecified atom stereocenters. The van der Waals surface area contributed by atoms with Crippen LogP contribution < -0.4 is 5.32 Å². The van der Waals surface area contributed by atoms with Crippen molar-refractivity contribution in [1.82, 2.24) is 5.32 Å². The molecule has 0 aliphatic heterocycles. The van der Waals surface area contributed by atoms with Gasteiger partial charge in [0, 0.05) is 12.0 Å². The van der Waals surface area contributed by atoms with Crippen molar-refractivity contribution < 1.29 is 19.8 Å². The van der Waals surface area contributed by atoms with E-state index in [1.807, 2.05) is 0 Å². The number of aliphatic carboxylic acids is 1. The van der Waals surface area contributed by atoms with E-state index in [2.05, 4.69) is 5.32 Å². The molecule has 0 aromatic heterocycles. The van der Waals surface area contributed by atoms with Crippen LogP contribution >= 0.6 is 0 Å². The zero-order valence-corrected chi connectivity index (χ0v) is 11.4. The zero-order valence-electron chi connectivity index (χ0n) is 11.4. The molecule has 0 spiro atoms. The van der Waals surface area contributed by atoms with Crippen LogP contribution in [-0.4, -0.2) is 27.6 Å². The number of phenols is 1. The minimum absolute atomic E-state index is 0.0208. The number of benzene rings is 1. The maximum absolute atomic E-state index is 12.1. The lowest BCUT2D eigenvalue weighted by Crippen LogP contribution is -2.43. The smallest absolute Gasteiger partial charge is 0.303 e. The highest BCUT2D eigenvalue weighted by Gasteiger charge is 2.23. The van der Waals surface area contributed by atoms with E-state index < -0.39 is 17.4 Å². The number of carbonyl (C=O) groups excluding carboxylic acids is 1. The number of carboxylic acids is 1. The van der Waals surface area contributed by atoms with Gasteiger partial charge in [0.1, 0.15) is 5.75 Å². The minimum Gasteiger partial charge on any atom is -0.507 e. The standard InChI is InChI=1S/C14H19NO4/c1-9-5-4-6-10(12(9)18)13(19)15-14(2,3)8-7-11(16)17/h4-6,18H,7-8H2,1-3H3,(H,15,19)(H,16,17). The Morgan fingerprint density at radius 2 is 1.95 bits per heavy atom. The van der Waals surface area contributed by atoms with E-state index >= 15 is 0 Å². The largest absolute Gasteiger partial charge is 0.507 e. The third-order valence-electron chi connectivity index (χ3n) is 2.90. The molecule has 0 saturated carbocycles. The monoisotopic (exact) mass is 265 g/mol. The van der Waals surface area contributed by atoms with E-state index in [-0.39, 0.29) is 17.7 Å². The number of amides is 1. The quantitative estimate of drug-likeness (QED) is 0.760. The zero-order chi connectivity index (χ0) is 14.6. The van der Waals surface area contributed by atoms with E-state index in [0.717, 1.165) is 0 Å². The Morgan fingerprint density at radius 3 is 2.53 bits per heavy atom. The lowest BCUT2D eigenvalue weighted by atomic mass is 9.97. The summed E-state index contributed by atoms with van der Waals surface area (Å²) in [6.07, 6.45) is 0.299. The van der Waals surface area contributed by atoms with Crippen LogP contribution in [0.5, 0.6) is 5.75 Å². The summed E-state index contributed by atoms with van der Waals surface area (Å²) in [5.74, 6) is -1.36. The summed E-state index contributed by atoms with van der Waals surface area (Å²) in [6, 6.07) is 4.93. The fourth-order valence-electron chi connectivity index (χ4n) is 1.70. The fraction of sp³-hybridized carbons (Fsp3) is 0.429. The van der Waals surface area contributed by atoms with Crippen LogP contribution in [-0.2, 0) is 4.79 Å². The SMILES string of the molecule is Cc1cccc(C(=O)NC(C)(C)CCC(=O)O)c1O. The van der Waals surface area contributed by atoms with E-state index in [4.69, 9.17) is 5.11 Å². The van der Waals surface area contributed by atoms with Crippen LogP contribution in [0.15, 0.2) is 18.2 Å². The van der Waals surface area contributed by atoms with Crippen LogP contribution in [0, 0.1) is 6.92 Å². The molecule has 0 aliphatic carbocycles. The predicted molar refractivity (Wildman–Crippen MR) is 71.3 cm³/mol. The molecule has 0 aliphatic rings. The average molecular weight is 265 g/mol. The maximum atomic E-state index is 12.1. The van der Waals surface area contributed by atoms with Gasteiger partial charge >= 0.3 is 5.97 Å². The van der Waals surface area contributed by atoms with Gasteiger partial charge in [-0.1, -0.05) is 12.1 Å². The number of hydrogen-bond donors (Lipinski definition) is 3. The van der Waals surface area contributed by atoms with Gasteiger partial charge in [-0.15, -0.1) is 0 Å². The van der Waals surface area contributed by atoms with Gasteiger partial charge in [-0.2, -0.15) is 0 Å². The maximum Gasteiger partial charge on any atom is 0.303 e. The molecule has 3 N–H and O–H groups in total. The first kappa shape index (κ1) is 15.0. The van der Waals surface area contributed by atoms with Gasteiger partial charge in [0.2, 0.25) is 0 Å². The first-order valence-electron chi connectivity index (χ1n) is 6.06. The molecular formula is C14H19NO4. The summed E-state index contributed by atoms with van der Waals surface area (Å²) in [4.78, 5) is 22.6. The molecule has 1 amide bonds. The van der Waals surface area contributed by atoms with E-state index in [0.29, 0.717) is 12.0 Å². The van der Waals surface area contributed by atoms with Crippen LogP contribution in [0.25, 0.3) is 0 Å². The molecule has 104 valence electrons. The minimum atomic E-state index is -0.902. The molecule has 0 atom stereocenters. The highest BCUT2D eigenvalue weighted by atomic mass is 16.4. The summed E-state index contributed by atoms with van der Waals surface area (Å²) in [7, 11) is 0. The lowest BCUT2D eigenvalue weighted by molar-refractivity contribution is -0.137. The topological polar surface area (TPSA) is 86.6 Å². The molecule has 5 nitrogen and oxygen atoms in total. The normalized spacial score (nSPS) is 11.1. The van der Waals surface area contributed by atoms with Crippen molar-refractivity contribution in [2.75, 3.05) is 0 Å². The molecule has 0 bridgehead atoms. The summed E-state index contributed by atoms with van der Waals surface area (Å²) in [6.45, 7) is 5.21. The number of carboxylic acid groups (broad SMARTS) is 1. The highest BCUT2D eigenvalue weighted by Crippen LogP contribution is 2.22. The average Bonchev–Trinajstić information content (AvgIpc) is 2.29. The summed E-state index contributed by atoms with van der Waals surface area (Å²) in [5.41, 5.74) is 0.172. The number of hydrogen-bond acceptors (Lipinski definition) is 3. The Hall–Kier alpha value is -2.04. The molecule has 0 saturated heterocycles. The number of aromatic hydroxyl groups is 1. The number of phenolic OH excluding ortho intramolecular Hbond substituents is 1. The number of carbonyl (C=O) groups is 2. The van der Waals surface area contributed by atoms with Gasteiger partial charge < -0.3 is 15.5 Å². The number of nitrogens with one attached hydrogen (secondary N) is 1. The van der Waals surface area contributed by atoms with Gasteiger partial charge in [-0.3, -0.25) is 9.59 Å². The van der Waals surface area contributed by atoms with Crippen molar-refractivity contribution >= 4 is 11.9 Å². The Labute approximate surface area is 112 Å². The molecule has 19 heavy (non-hydrogen) atoms. The number of rotatable bonds is 5. The second-order valence-electron chi connectivity index (χ2n) is 5.20. The first-order valence-corrected chi connectivity index (χ1v) is 6.06. The molecule has 1 aromatic carbocycles. The summed E-state index contributed by atoms with van der Waals surface area (Å²) in [5, 5.41) is 21.2.